The number of hydrogen-bond acceptors (Lipinski definition) is 4. The summed E-state index contributed by atoms with van der Waals surface area (Å²) < 4.78 is 13.2. The van der Waals surface area contributed by atoms with Crippen molar-refractivity contribution in [3.63, 3.8) is 0 Å². The zero-order chi connectivity index (χ0) is 18.8. The van der Waals surface area contributed by atoms with Crippen LogP contribution in [-0.4, -0.2) is 39.1 Å². The molecular weight excluding hydrogens is 363 g/mol. The summed E-state index contributed by atoms with van der Waals surface area (Å²) >= 11 is 1.57. The molecule has 5 nitrogen and oxygen atoms in total. The number of carbonyl (C=O) groups is 1. The number of nitrogens with zero attached hydrogens (tertiary/aromatic N) is 3. The fourth-order valence-corrected chi connectivity index (χ4v) is 4.27. The SMILES string of the molecule is Cc1nc(CC(=O)N2CCC[C@@H](c3[nH]ncc3-c3ccc(F)cc3)C2)cs1. The topological polar surface area (TPSA) is 61.9 Å². The first-order valence-corrected chi connectivity index (χ1v) is 9.96. The lowest BCUT2D eigenvalue weighted by atomic mass is 9.90. The predicted molar refractivity (Wildman–Crippen MR) is 103 cm³/mol. The summed E-state index contributed by atoms with van der Waals surface area (Å²) in [7, 11) is 0. The molecule has 3 aromatic rings. The molecule has 1 atom stereocenters. The van der Waals surface area contributed by atoms with Crippen LogP contribution < -0.4 is 0 Å². The monoisotopic (exact) mass is 384 g/mol. The van der Waals surface area contributed by atoms with E-state index in [4.69, 9.17) is 0 Å². The normalized spacial score (nSPS) is 17.3. The first-order chi connectivity index (χ1) is 13.1. The Morgan fingerprint density at radius 1 is 1.37 bits per heavy atom. The van der Waals surface area contributed by atoms with Gasteiger partial charge in [0.25, 0.3) is 0 Å². The minimum atomic E-state index is -0.254. The minimum absolute atomic E-state index is 0.118. The van der Waals surface area contributed by atoms with Crippen LogP contribution in [0.3, 0.4) is 0 Å². The molecule has 0 bridgehead atoms. The lowest BCUT2D eigenvalue weighted by Crippen LogP contribution is -2.40. The Labute approximate surface area is 161 Å². The maximum atomic E-state index is 13.2. The first kappa shape index (κ1) is 17.9. The van der Waals surface area contributed by atoms with Gasteiger partial charge >= 0.3 is 0 Å². The molecule has 1 aromatic carbocycles. The van der Waals surface area contributed by atoms with Gasteiger partial charge in [0.2, 0.25) is 5.91 Å². The number of aryl methyl sites for hydroxylation is 1. The highest BCUT2D eigenvalue weighted by Gasteiger charge is 2.28. The lowest BCUT2D eigenvalue weighted by Gasteiger charge is -2.32. The largest absolute Gasteiger partial charge is 0.342 e. The van der Waals surface area contributed by atoms with E-state index < -0.39 is 0 Å². The predicted octanol–water partition coefficient (Wildman–Crippen LogP) is 3.93. The zero-order valence-corrected chi connectivity index (χ0v) is 15.9. The van der Waals surface area contributed by atoms with Crippen LogP contribution in [0.4, 0.5) is 4.39 Å². The summed E-state index contributed by atoms with van der Waals surface area (Å²) in [4.78, 5) is 19.0. The second-order valence-electron chi connectivity index (χ2n) is 6.92. The Balaban J connectivity index is 1.49. The van der Waals surface area contributed by atoms with E-state index in [1.54, 1.807) is 29.7 Å². The molecule has 0 spiro atoms. The summed E-state index contributed by atoms with van der Waals surface area (Å²) in [5, 5.41) is 10.3. The van der Waals surface area contributed by atoms with Crippen LogP contribution in [0.15, 0.2) is 35.8 Å². The molecule has 0 saturated carbocycles. The molecule has 0 aliphatic carbocycles. The van der Waals surface area contributed by atoms with Gasteiger partial charge in [-0.05, 0) is 37.5 Å². The summed E-state index contributed by atoms with van der Waals surface area (Å²) in [5.41, 5.74) is 3.77. The summed E-state index contributed by atoms with van der Waals surface area (Å²) in [5.74, 6) is 0.0609. The molecule has 27 heavy (non-hydrogen) atoms. The molecule has 1 aliphatic rings. The van der Waals surface area contributed by atoms with Crippen LogP contribution in [-0.2, 0) is 11.2 Å². The van der Waals surface area contributed by atoms with Crippen molar-refractivity contribution in [3.05, 3.63) is 58.1 Å². The van der Waals surface area contributed by atoms with Crippen molar-refractivity contribution >= 4 is 17.2 Å². The van der Waals surface area contributed by atoms with Crippen LogP contribution in [0, 0.1) is 12.7 Å². The molecule has 0 radical (unpaired) electrons. The molecule has 1 amide bonds. The highest BCUT2D eigenvalue weighted by Crippen LogP contribution is 2.33. The third-order valence-electron chi connectivity index (χ3n) is 5.01. The number of hydrogen-bond donors (Lipinski definition) is 1. The van der Waals surface area contributed by atoms with Crippen LogP contribution in [0.25, 0.3) is 11.1 Å². The van der Waals surface area contributed by atoms with Crippen LogP contribution in [0.5, 0.6) is 0 Å². The van der Waals surface area contributed by atoms with Gasteiger partial charge in [-0.3, -0.25) is 9.89 Å². The van der Waals surface area contributed by atoms with Gasteiger partial charge in [0.05, 0.1) is 23.3 Å². The van der Waals surface area contributed by atoms with Gasteiger partial charge in [-0.2, -0.15) is 5.10 Å². The fraction of sp³-hybridized carbons (Fsp3) is 0.350. The number of amides is 1. The number of carbonyl (C=O) groups excluding carboxylic acids is 1. The molecular formula is C20H21FN4OS. The second-order valence-corrected chi connectivity index (χ2v) is 7.98. The van der Waals surface area contributed by atoms with Gasteiger partial charge in [0.1, 0.15) is 5.82 Å². The van der Waals surface area contributed by atoms with Crippen molar-refractivity contribution in [2.24, 2.45) is 0 Å². The van der Waals surface area contributed by atoms with E-state index in [9.17, 15) is 9.18 Å². The molecule has 2 aromatic heterocycles. The minimum Gasteiger partial charge on any atom is -0.342 e. The summed E-state index contributed by atoms with van der Waals surface area (Å²) in [6.07, 6.45) is 4.08. The van der Waals surface area contributed by atoms with Crippen molar-refractivity contribution in [3.8, 4) is 11.1 Å². The Morgan fingerprint density at radius 2 is 2.19 bits per heavy atom. The number of nitrogens with one attached hydrogen (secondary N) is 1. The average molecular weight is 384 g/mol. The Hall–Kier alpha value is -2.54. The molecule has 0 unspecified atom stereocenters. The third-order valence-corrected chi connectivity index (χ3v) is 5.83. The van der Waals surface area contributed by atoms with E-state index in [1.165, 1.54) is 12.1 Å². The highest BCUT2D eigenvalue weighted by molar-refractivity contribution is 7.09. The smallest absolute Gasteiger partial charge is 0.228 e. The van der Waals surface area contributed by atoms with Crippen LogP contribution >= 0.6 is 11.3 Å². The number of thiazole rings is 1. The quantitative estimate of drug-likeness (QED) is 0.741. The fourth-order valence-electron chi connectivity index (χ4n) is 3.66. The van der Waals surface area contributed by atoms with Crippen LogP contribution in [0.1, 0.15) is 35.2 Å². The van der Waals surface area contributed by atoms with Crippen molar-refractivity contribution in [2.75, 3.05) is 13.1 Å². The number of H-pyrrole nitrogens is 1. The van der Waals surface area contributed by atoms with Gasteiger partial charge in [-0.15, -0.1) is 11.3 Å². The molecule has 3 heterocycles. The number of aromatic amines is 1. The first-order valence-electron chi connectivity index (χ1n) is 9.08. The molecule has 140 valence electrons. The number of aromatic nitrogens is 3. The van der Waals surface area contributed by atoms with E-state index in [0.717, 1.165) is 46.9 Å². The van der Waals surface area contributed by atoms with E-state index in [-0.39, 0.29) is 17.6 Å². The number of piperidine rings is 1. The van der Waals surface area contributed by atoms with Crippen molar-refractivity contribution in [1.29, 1.82) is 0 Å². The van der Waals surface area contributed by atoms with E-state index in [2.05, 4.69) is 15.2 Å². The molecule has 4 rings (SSSR count). The number of halogens is 1. The standard InChI is InChI=1S/C20H21FN4OS/c1-13-23-17(12-27-13)9-19(26)25-8-2-3-15(11-25)20-18(10-22-24-20)14-4-6-16(21)7-5-14/h4-7,10,12,15H,2-3,8-9,11H2,1H3,(H,22,24)/t15-/m1/s1. The van der Waals surface area contributed by atoms with Gasteiger partial charge in [0, 0.05) is 35.6 Å². The van der Waals surface area contributed by atoms with Gasteiger partial charge in [0.15, 0.2) is 0 Å². The molecule has 1 N–H and O–H groups in total. The summed E-state index contributed by atoms with van der Waals surface area (Å²) in [6, 6.07) is 6.44. The third kappa shape index (κ3) is 3.93. The van der Waals surface area contributed by atoms with Crippen LogP contribution in [0.2, 0.25) is 0 Å². The van der Waals surface area contributed by atoms with Gasteiger partial charge in [-0.25, -0.2) is 9.37 Å². The van der Waals surface area contributed by atoms with Crippen molar-refractivity contribution < 1.29 is 9.18 Å². The van der Waals surface area contributed by atoms with Crippen molar-refractivity contribution in [2.45, 2.75) is 32.1 Å². The lowest BCUT2D eigenvalue weighted by molar-refractivity contribution is -0.131. The Bertz CT molecular complexity index is 934. The number of likely N-dealkylation sites (tertiary alicyclic amines) is 1. The number of benzene rings is 1. The molecule has 1 aliphatic heterocycles. The van der Waals surface area contributed by atoms with Crippen molar-refractivity contribution in [1.82, 2.24) is 20.1 Å². The van der Waals surface area contributed by atoms with Gasteiger partial charge in [-0.1, -0.05) is 12.1 Å². The average Bonchev–Trinajstić information content (AvgIpc) is 3.32. The Morgan fingerprint density at radius 3 is 2.93 bits per heavy atom. The van der Waals surface area contributed by atoms with Gasteiger partial charge < -0.3 is 4.90 Å². The van der Waals surface area contributed by atoms with E-state index >= 15 is 0 Å². The van der Waals surface area contributed by atoms with E-state index in [1.807, 2.05) is 17.2 Å². The maximum Gasteiger partial charge on any atom is 0.228 e. The van der Waals surface area contributed by atoms with E-state index in [0.29, 0.717) is 13.0 Å². The maximum absolute atomic E-state index is 13.2. The second kappa shape index (κ2) is 7.60. The molecule has 7 heteroatoms. The Kier molecular flexibility index (Phi) is 5.03. The highest BCUT2D eigenvalue weighted by atomic mass is 32.1. The zero-order valence-electron chi connectivity index (χ0n) is 15.1. The molecule has 1 fully saturated rings. The number of rotatable bonds is 4. The molecule has 1 saturated heterocycles. The summed E-state index contributed by atoms with van der Waals surface area (Å²) in [6.45, 7) is 3.39.